The number of carbonyl (C=O) groups excluding carboxylic acids is 1. The molecule has 0 aliphatic carbocycles. The van der Waals surface area contributed by atoms with E-state index in [0.29, 0.717) is 5.82 Å². The third kappa shape index (κ3) is 4.66. The normalized spacial score (nSPS) is 12.8. The zero-order valence-corrected chi connectivity index (χ0v) is 13.1. The van der Waals surface area contributed by atoms with Crippen LogP contribution in [0.25, 0.3) is 0 Å². The molecule has 1 atom stereocenters. The molecule has 0 aliphatic heterocycles. The predicted molar refractivity (Wildman–Crippen MR) is 79.5 cm³/mol. The minimum atomic E-state index is -3.66. The van der Waals surface area contributed by atoms with E-state index in [2.05, 4.69) is 15.5 Å². The fourth-order valence-electron chi connectivity index (χ4n) is 1.95. The molecular weight excluding hydrogens is 306 g/mol. The Kier molecular flexibility index (Phi) is 4.92. The van der Waals surface area contributed by atoms with Gasteiger partial charge in [-0.3, -0.25) is 4.79 Å². The Morgan fingerprint density at radius 2 is 2.00 bits per heavy atom. The van der Waals surface area contributed by atoms with Crippen molar-refractivity contribution in [3.8, 4) is 0 Å². The molecule has 7 nitrogen and oxygen atoms in total. The van der Waals surface area contributed by atoms with Crippen LogP contribution in [-0.4, -0.2) is 30.2 Å². The highest BCUT2D eigenvalue weighted by atomic mass is 32.2. The molecular formula is C14H17N3O4S. The molecule has 118 valence electrons. The summed E-state index contributed by atoms with van der Waals surface area (Å²) in [7, 11) is -3.66. The number of rotatable bonds is 6. The average Bonchev–Trinajstić information content (AvgIpc) is 2.83. The second-order valence-corrected chi connectivity index (χ2v) is 7.03. The Morgan fingerprint density at radius 1 is 1.32 bits per heavy atom. The van der Waals surface area contributed by atoms with Gasteiger partial charge in [0.25, 0.3) is 0 Å². The summed E-state index contributed by atoms with van der Waals surface area (Å²) in [5, 5.41) is 6.18. The lowest BCUT2D eigenvalue weighted by molar-refractivity contribution is -0.119. The van der Waals surface area contributed by atoms with Crippen LogP contribution >= 0.6 is 0 Å². The highest BCUT2D eigenvalue weighted by molar-refractivity contribution is 7.91. The number of hydrogen-bond acceptors (Lipinski definition) is 6. The van der Waals surface area contributed by atoms with Crippen LogP contribution in [0.1, 0.15) is 30.2 Å². The maximum absolute atomic E-state index is 11.9. The van der Waals surface area contributed by atoms with Gasteiger partial charge in [0.2, 0.25) is 11.8 Å². The number of nitrogens with one attached hydrogen (secondary N) is 1. The molecule has 0 saturated heterocycles. The monoisotopic (exact) mass is 323 g/mol. The summed E-state index contributed by atoms with van der Waals surface area (Å²) < 4.78 is 28.7. The number of hydrogen-bond donors (Lipinski definition) is 1. The van der Waals surface area contributed by atoms with Crippen molar-refractivity contribution in [1.29, 1.82) is 0 Å². The zero-order chi connectivity index (χ0) is 16.2. The molecule has 1 aromatic heterocycles. The maximum Gasteiger partial charge on any atom is 0.241 e. The van der Waals surface area contributed by atoms with Gasteiger partial charge in [0.15, 0.2) is 15.7 Å². The molecule has 0 bridgehead atoms. The first-order valence-corrected chi connectivity index (χ1v) is 8.52. The third-order valence-corrected chi connectivity index (χ3v) is 4.33. The Balaban J connectivity index is 1.93. The molecule has 0 saturated carbocycles. The van der Waals surface area contributed by atoms with E-state index in [9.17, 15) is 13.2 Å². The van der Waals surface area contributed by atoms with E-state index in [4.69, 9.17) is 4.52 Å². The molecule has 0 fully saturated rings. The minimum Gasteiger partial charge on any atom is -0.349 e. The molecule has 1 aromatic carbocycles. The van der Waals surface area contributed by atoms with Crippen molar-refractivity contribution in [2.45, 2.75) is 25.6 Å². The Labute approximate surface area is 128 Å². The highest BCUT2D eigenvalue weighted by Gasteiger charge is 2.21. The molecule has 1 amide bonds. The molecule has 0 aliphatic rings. The summed E-state index contributed by atoms with van der Waals surface area (Å²) in [6.45, 7) is 3.38. The smallest absolute Gasteiger partial charge is 0.241 e. The number of aryl methyl sites for hydroxylation is 1. The summed E-state index contributed by atoms with van der Waals surface area (Å²) >= 11 is 0. The molecule has 2 rings (SSSR count). The van der Waals surface area contributed by atoms with Gasteiger partial charge < -0.3 is 9.84 Å². The molecule has 0 spiro atoms. The van der Waals surface area contributed by atoms with Crippen LogP contribution in [-0.2, 0) is 20.4 Å². The number of aromatic nitrogens is 2. The lowest BCUT2D eigenvalue weighted by atomic mass is 10.1. The first-order valence-electron chi connectivity index (χ1n) is 6.69. The zero-order valence-electron chi connectivity index (χ0n) is 12.3. The van der Waals surface area contributed by atoms with E-state index in [-0.39, 0.29) is 11.9 Å². The van der Waals surface area contributed by atoms with Crippen molar-refractivity contribution in [2.24, 2.45) is 0 Å². The number of amides is 1. The summed E-state index contributed by atoms with van der Waals surface area (Å²) in [5.41, 5.74) is 0.903. The van der Waals surface area contributed by atoms with Crippen LogP contribution in [0.5, 0.6) is 0 Å². The highest BCUT2D eigenvalue weighted by Crippen LogP contribution is 2.11. The fraction of sp³-hybridized carbons (Fsp3) is 0.357. The number of carbonyl (C=O) groups is 1. The van der Waals surface area contributed by atoms with Gasteiger partial charge in [0, 0.05) is 0 Å². The van der Waals surface area contributed by atoms with Gasteiger partial charge in [-0.25, -0.2) is 8.42 Å². The molecule has 1 heterocycles. The quantitative estimate of drug-likeness (QED) is 0.856. The summed E-state index contributed by atoms with van der Waals surface area (Å²) in [4.78, 5) is 15.7. The summed E-state index contributed by atoms with van der Waals surface area (Å²) in [6, 6.07) is 9.03. The predicted octanol–water partition coefficient (Wildman–Crippen LogP) is 1.17. The Morgan fingerprint density at radius 3 is 2.59 bits per heavy atom. The third-order valence-electron chi connectivity index (χ3n) is 2.94. The standard InChI is InChI=1S/C14H17N3O4S/c1-10(12-6-4-3-5-7-12)15-13(18)8-22(19,20)9-14-16-11(2)17-21-14/h3-7,10H,8-9H2,1-2H3,(H,15,18)/t10-/m0/s1. The molecule has 22 heavy (non-hydrogen) atoms. The average molecular weight is 323 g/mol. The van der Waals surface area contributed by atoms with Crippen LogP contribution in [0.2, 0.25) is 0 Å². The molecule has 0 radical (unpaired) electrons. The van der Waals surface area contributed by atoms with Crippen molar-refractivity contribution in [3.63, 3.8) is 0 Å². The molecule has 8 heteroatoms. The van der Waals surface area contributed by atoms with Gasteiger partial charge >= 0.3 is 0 Å². The van der Waals surface area contributed by atoms with Crippen LogP contribution < -0.4 is 5.32 Å². The van der Waals surface area contributed by atoms with Gasteiger partial charge in [-0.05, 0) is 19.4 Å². The Hall–Kier alpha value is -2.22. The van der Waals surface area contributed by atoms with E-state index in [0.717, 1.165) is 5.56 Å². The van der Waals surface area contributed by atoms with E-state index in [1.54, 1.807) is 13.8 Å². The van der Waals surface area contributed by atoms with Crippen LogP contribution in [0.4, 0.5) is 0 Å². The maximum atomic E-state index is 11.9. The van der Waals surface area contributed by atoms with E-state index < -0.39 is 27.3 Å². The molecule has 1 N–H and O–H groups in total. The molecule has 2 aromatic rings. The largest absolute Gasteiger partial charge is 0.349 e. The van der Waals surface area contributed by atoms with E-state index in [1.165, 1.54) is 0 Å². The SMILES string of the molecule is Cc1noc(CS(=O)(=O)CC(=O)N[C@@H](C)c2ccccc2)n1. The number of benzene rings is 1. The lowest BCUT2D eigenvalue weighted by Crippen LogP contribution is -2.32. The van der Waals surface area contributed by atoms with Crippen molar-refractivity contribution in [2.75, 3.05) is 5.75 Å². The van der Waals surface area contributed by atoms with Crippen molar-refractivity contribution < 1.29 is 17.7 Å². The first kappa shape index (κ1) is 16.2. The molecule has 0 unspecified atom stereocenters. The lowest BCUT2D eigenvalue weighted by Gasteiger charge is -2.14. The first-order chi connectivity index (χ1) is 10.4. The van der Waals surface area contributed by atoms with Gasteiger partial charge in [-0.15, -0.1) is 0 Å². The van der Waals surface area contributed by atoms with Gasteiger partial charge in [0.05, 0.1) is 6.04 Å². The Bertz CT molecular complexity index is 740. The van der Waals surface area contributed by atoms with Gasteiger partial charge in [0.1, 0.15) is 11.5 Å². The second-order valence-electron chi connectivity index (χ2n) is 4.97. The van der Waals surface area contributed by atoms with Crippen molar-refractivity contribution in [3.05, 3.63) is 47.6 Å². The van der Waals surface area contributed by atoms with Gasteiger partial charge in [-0.1, -0.05) is 35.5 Å². The van der Waals surface area contributed by atoms with Crippen LogP contribution in [0.15, 0.2) is 34.9 Å². The summed E-state index contributed by atoms with van der Waals surface area (Å²) in [5.74, 6) is -1.28. The van der Waals surface area contributed by atoms with E-state index >= 15 is 0 Å². The second kappa shape index (κ2) is 6.69. The number of nitrogens with zero attached hydrogens (tertiary/aromatic N) is 2. The van der Waals surface area contributed by atoms with E-state index in [1.807, 2.05) is 30.3 Å². The van der Waals surface area contributed by atoms with Crippen LogP contribution in [0, 0.1) is 6.92 Å². The summed E-state index contributed by atoms with van der Waals surface area (Å²) in [6.07, 6.45) is 0. The van der Waals surface area contributed by atoms with Crippen LogP contribution in [0.3, 0.4) is 0 Å². The minimum absolute atomic E-state index is 0.0126. The van der Waals surface area contributed by atoms with Crippen molar-refractivity contribution >= 4 is 15.7 Å². The fourth-order valence-corrected chi connectivity index (χ4v) is 3.02. The van der Waals surface area contributed by atoms with Gasteiger partial charge in [-0.2, -0.15) is 4.98 Å². The number of sulfone groups is 1. The van der Waals surface area contributed by atoms with Crippen molar-refractivity contribution in [1.82, 2.24) is 15.5 Å². The topological polar surface area (TPSA) is 102 Å².